The van der Waals surface area contributed by atoms with E-state index in [1.54, 1.807) is 0 Å². The van der Waals surface area contributed by atoms with E-state index in [9.17, 15) is 19.0 Å². The largest absolute Gasteiger partial charge is 0.472 e. The Balaban J connectivity index is 4.16. The normalized spacial score (nSPS) is 13.9. The Morgan fingerprint density at radius 2 is 1.10 bits per heavy atom. The van der Waals surface area contributed by atoms with Gasteiger partial charge in [-0.05, 0) is 57.8 Å². The van der Waals surface area contributed by atoms with E-state index < -0.39 is 26.5 Å². The number of phosphoric acid groups is 1. The van der Waals surface area contributed by atoms with Crippen molar-refractivity contribution in [1.29, 1.82) is 0 Å². The number of unbranched alkanes of at least 4 members (excludes halogenated alkanes) is 15. The molecule has 9 heteroatoms. The zero-order valence-corrected chi connectivity index (χ0v) is 27.8. The van der Waals surface area contributed by atoms with Crippen molar-refractivity contribution in [2.24, 2.45) is 0 Å². The summed E-state index contributed by atoms with van der Waals surface area (Å²) in [5.41, 5.74) is 0. The first-order chi connectivity index (χ1) is 20.3. The van der Waals surface area contributed by atoms with Crippen LogP contribution in [0, 0.1) is 0 Å². The molecule has 0 fully saturated rings. The molecule has 1 N–H and O–H groups in total. The molecule has 0 amide bonds. The van der Waals surface area contributed by atoms with Gasteiger partial charge in [0.05, 0.1) is 6.61 Å². The minimum absolute atomic E-state index is 0.232. The van der Waals surface area contributed by atoms with Crippen LogP contribution >= 0.6 is 7.82 Å². The Bertz CT molecular complexity index is 752. The summed E-state index contributed by atoms with van der Waals surface area (Å²) in [6.45, 7) is 3.78. The van der Waals surface area contributed by atoms with Crippen LogP contribution < -0.4 is 0 Å². The van der Waals surface area contributed by atoms with Gasteiger partial charge in [0, 0.05) is 20.0 Å². The first-order valence-electron chi connectivity index (χ1n) is 16.5. The van der Waals surface area contributed by atoms with Crippen molar-refractivity contribution >= 4 is 19.8 Å². The van der Waals surface area contributed by atoms with Gasteiger partial charge in [0.2, 0.25) is 0 Å². The van der Waals surface area contributed by atoms with E-state index in [-0.39, 0.29) is 25.4 Å². The molecular formula is C33H61O8P. The van der Waals surface area contributed by atoms with Crippen LogP contribution in [-0.2, 0) is 32.7 Å². The summed E-state index contributed by atoms with van der Waals surface area (Å²) < 4.78 is 31.7. The maximum atomic E-state index is 12.4. The first kappa shape index (κ1) is 40.5. The number of hydrogen-bond donors (Lipinski definition) is 1. The van der Waals surface area contributed by atoms with Gasteiger partial charge < -0.3 is 14.4 Å². The zero-order chi connectivity index (χ0) is 31.2. The summed E-state index contributed by atoms with van der Waals surface area (Å²) in [6.07, 6.45) is 29.4. The molecule has 0 bridgehead atoms. The molecule has 0 aliphatic rings. The van der Waals surface area contributed by atoms with Crippen molar-refractivity contribution in [2.45, 2.75) is 155 Å². The van der Waals surface area contributed by atoms with Crippen LogP contribution in [0.15, 0.2) is 24.3 Å². The lowest BCUT2D eigenvalue weighted by Gasteiger charge is -2.19. The molecule has 2 unspecified atom stereocenters. The van der Waals surface area contributed by atoms with Crippen LogP contribution in [0.25, 0.3) is 0 Å². The van der Waals surface area contributed by atoms with Gasteiger partial charge >= 0.3 is 19.8 Å². The molecule has 246 valence electrons. The van der Waals surface area contributed by atoms with E-state index in [1.807, 2.05) is 0 Å². The van der Waals surface area contributed by atoms with Crippen LogP contribution in [0.5, 0.6) is 0 Å². The van der Waals surface area contributed by atoms with Crippen molar-refractivity contribution in [3.8, 4) is 0 Å². The molecule has 42 heavy (non-hydrogen) atoms. The average Bonchev–Trinajstić information content (AvgIpc) is 2.97. The molecule has 2 atom stereocenters. The second-order valence-electron chi connectivity index (χ2n) is 10.9. The highest BCUT2D eigenvalue weighted by Crippen LogP contribution is 2.42. The van der Waals surface area contributed by atoms with E-state index >= 15 is 0 Å². The number of esters is 2. The minimum atomic E-state index is -4.25. The fourth-order valence-electron chi connectivity index (χ4n) is 4.28. The molecule has 0 saturated heterocycles. The summed E-state index contributed by atoms with van der Waals surface area (Å²) in [4.78, 5) is 34.1. The highest BCUT2D eigenvalue weighted by atomic mass is 31.2. The summed E-state index contributed by atoms with van der Waals surface area (Å²) in [6, 6.07) is 0. The maximum absolute atomic E-state index is 12.4. The number of allylic oxidation sites excluding steroid dienone is 4. The Kier molecular flexibility index (Phi) is 28.6. The second-order valence-corrected chi connectivity index (χ2v) is 12.5. The van der Waals surface area contributed by atoms with E-state index in [1.165, 1.54) is 38.5 Å². The molecule has 0 spiro atoms. The number of carbonyl (C=O) groups is 2. The van der Waals surface area contributed by atoms with Gasteiger partial charge in [-0.2, -0.15) is 0 Å². The molecule has 0 heterocycles. The summed E-state index contributed by atoms with van der Waals surface area (Å²) in [7, 11) is -3.20. The lowest BCUT2D eigenvalue weighted by Crippen LogP contribution is -2.29. The minimum Gasteiger partial charge on any atom is -0.462 e. The molecule has 0 rings (SSSR count). The predicted molar refractivity (Wildman–Crippen MR) is 170 cm³/mol. The van der Waals surface area contributed by atoms with Crippen LogP contribution in [0.4, 0.5) is 0 Å². The van der Waals surface area contributed by atoms with Gasteiger partial charge in [-0.3, -0.25) is 18.6 Å². The van der Waals surface area contributed by atoms with Crippen molar-refractivity contribution in [1.82, 2.24) is 0 Å². The van der Waals surface area contributed by atoms with Gasteiger partial charge in [-0.25, -0.2) is 4.57 Å². The third-order valence-corrected chi connectivity index (χ3v) is 7.85. The van der Waals surface area contributed by atoms with E-state index in [0.717, 1.165) is 84.2 Å². The summed E-state index contributed by atoms with van der Waals surface area (Å²) in [5, 5.41) is 0. The van der Waals surface area contributed by atoms with Crippen LogP contribution in [0.3, 0.4) is 0 Å². The Hall–Kier alpha value is -1.47. The zero-order valence-electron chi connectivity index (χ0n) is 26.9. The average molecular weight is 617 g/mol. The highest BCUT2D eigenvalue weighted by Gasteiger charge is 2.24. The lowest BCUT2D eigenvalue weighted by atomic mass is 10.1. The molecule has 0 aromatic rings. The molecule has 0 aliphatic carbocycles. The smallest absolute Gasteiger partial charge is 0.462 e. The standard InChI is InChI=1S/C33H61O8P/c1-4-6-8-10-12-14-16-18-20-22-24-26-28-33(35)41-31(30-40-42(36,37)38-3)29-39-32(34)27-25-23-21-19-17-15-13-11-9-7-5-2/h11-14,31H,4-10,15-30H2,1-3H3,(H,36,37)/b13-11-,14-12-. The van der Waals surface area contributed by atoms with E-state index in [0.29, 0.717) is 6.42 Å². The van der Waals surface area contributed by atoms with Crippen LogP contribution in [-0.4, -0.2) is 43.3 Å². The SMILES string of the molecule is CCCC/C=C\CCCCCCCC(=O)OCC(COP(=O)(O)OC)OC(=O)CCCCCCC/C=C\CCCCC. The Morgan fingerprint density at radius 1 is 0.643 bits per heavy atom. The predicted octanol–water partition coefficient (Wildman–Crippen LogP) is 9.55. The number of ether oxygens (including phenoxy) is 2. The number of phosphoric ester groups is 1. The highest BCUT2D eigenvalue weighted by molar-refractivity contribution is 7.47. The number of rotatable bonds is 30. The van der Waals surface area contributed by atoms with Crippen LogP contribution in [0.1, 0.15) is 149 Å². The molecule has 0 saturated carbocycles. The Labute approximate surface area is 256 Å². The lowest BCUT2D eigenvalue weighted by molar-refractivity contribution is -0.161. The number of carbonyl (C=O) groups excluding carboxylic acids is 2. The van der Waals surface area contributed by atoms with E-state index in [4.69, 9.17) is 14.0 Å². The van der Waals surface area contributed by atoms with Crippen molar-refractivity contribution < 1.29 is 37.6 Å². The molecule has 8 nitrogen and oxygen atoms in total. The molecular weight excluding hydrogens is 555 g/mol. The van der Waals surface area contributed by atoms with E-state index in [2.05, 4.69) is 42.7 Å². The van der Waals surface area contributed by atoms with Crippen molar-refractivity contribution in [2.75, 3.05) is 20.3 Å². The molecule has 0 aromatic carbocycles. The topological polar surface area (TPSA) is 108 Å². The molecule has 0 aromatic heterocycles. The fourth-order valence-corrected chi connectivity index (χ4v) is 4.74. The molecule has 0 aliphatic heterocycles. The first-order valence-corrected chi connectivity index (χ1v) is 18.0. The maximum Gasteiger partial charge on any atom is 0.472 e. The monoisotopic (exact) mass is 616 g/mol. The summed E-state index contributed by atoms with van der Waals surface area (Å²) in [5.74, 6) is -0.829. The van der Waals surface area contributed by atoms with Gasteiger partial charge in [0.1, 0.15) is 6.61 Å². The Morgan fingerprint density at radius 3 is 1.62 bits per heavy atom. The third-order valence-electron chi connectivity index (χ3n) is 6.92. The van der Waals surface area contributed by atoms with Crippen LogP contribution in [0.2, 0.25) is 0 Å². The third kappa shape index (κ3) is 28.6. The second kappa shape index (κ2) is 29.6. The van der Waals surface area contributed by atoms with Gasteiger partial charge in [0.15, 0.2) is 6.10 Å². The summed E-state index contributed by atoms with van der Waals surface area (Å²) >= 11 is 0. The van der Waals surface area contributed by atoms with Crippen molar-refractivity contribution in [3.63, 3.8) is 0 Å². The van der Waals surface area contributed by atoms with Gasteiger partial charge in [-0.1, -0.05) is 102 Å². The molecule has 0 radical (unpaired) electrons. The number of hydrogen-bond acceptors (Lipinski definition) is 7. The van der Waals surface area contributed by atoms with Gasteiger partial charge in [0.25, 0.3) is 0 Å². The van der Waals surface area contributed by atoms with Crippen molar-refractivity contribution in [3.05, 3.63) is 24.3 Å². The fraction of sp³-hybridized carbons (Fsp3) is 0.818. The van der Waals surface area contributed by atoms with Gasteiger partial charge in [-0.15, -0.1) is 0 Å². The quantitative estimate of drug-likeness (QED) is 0.0368.